The standard InChI is InChI=1S/C15H14ClNO/c1-11-3-4-13(16)9-12(11)10-17-14-5-7-15(18-2)8-6-14/h3-10H,1-2H3. The molecule has 0 unspecified atom stereocenters. The van der Waals surface area contributed by atoms with Crippen molar-refractivity contribution in [1.29, 1.82) is 0 Å². The Balaban J connectivity index is 2.21. The van der Waals surface area contributed by atoms with Crippen LogP contribution in [0.3, 0.4) is 0 Å². The van der Waals surface area contributed by atoms with E-state index in [4.69, 9.17) is 16.3 Å². The van der Waals surface area contributed by atoms with Crippen molar-refractivity contribution < 1.29 is 4.74 Å². The van der Waals surface area contributed by atoms with Crippen molar-refractivity contribution >= 4 is 23.5 Å². The lowest BCUT2D eigenvalue weighted by molar-refractivity contribution is 0.415. The van der Waals surface area contributed by atoms with Gasteiger partial charge < -0.3 is 4.74 Å². The summed E-state index contributed by atoms with van der Waals surface area (Å²) in [7, 11) is 1.65. The molecular formula is C15H14ClNO. The van der Waals surface area contributed by atoms with Gasteiger partial charge in [0.2, 0.25) is 0 Å². The lowest BCUT2D eigenvalue weighted by atomic mass is 10.1. The number of hydrogen-bond acceptors (Lipinski definition) is 2. The zero-order valence-electron chi connectivity index (χ0n) is 10.4. The van der Waals surface area contributed by atoms with Gasteiger partial charge in [0.25, 0.3) is 0 Å². The van der Waals surface area contributed by atoms with E-state index >= 15 is 0 Å². The number of hydrogen-bond donors (Lipinski definition) is 0. The second-order valence-corrected chi connectivity index (χ2v) is 4.39. The number of methoxy groups -OCH3 is 1. The molecule has 92 valence electrons. The van der Waals surface area contributed by atoms with Gasteiger partial charge in [0.1, 0.15) is 5.75 Å². The molecule has 0 heterocycles. The topological polar surface area (TPSA) is 21.6 Å². The number of ether oxygens (including phenoxy) is 1. The number of aliphatic imine (C=N–C) groups is 1. The lowest BCUT2D eigenvalue weighted by Gasteiger charge is -2.01. The van der Waals surface area contributed by atoms with Gasteiger partial charge in [-0.2, -0.15) is 0 Å². The minimum atomic E-state index is 0.719. The van der Waals surface area contributed by atoms with E-state index in [0.29, 0.717) is 0 Å². The summed E-state index contributed by atoms with van der Waals surface area (Å²) in [4.78, 5) is 4.41. The molecule has 2 nitrogen and oxygen atoms in total. The molecule has 0 aliphatic carbocycles. The zero-order chi connectivity index (χ0) is 13.0. The highest BCUT2D eigenvalue weighted by molar-refractivity contribution is 6.30. The molecule has 3 heteroatoms. The summed E-state index contributed by atoms with van der Waals surface area (Å²) in [6, 6.07) is 13.4. The SMILES string of the molecule is COc1ccc(N=Cc2cc(Cl)ccc2C)cc1. The van der Waals surface area contributed by atoms with Gasteiger partial charge in [0.15, 0.2) is 0 Å². The molecule has 2 rings (SSSR count). The molecule has 0 atom stereocenters. The molecule has 0 radical (unpaired) electrons. The van der Waals surface area contributed by atoms with E-state index in [2.05, 4.69) is 4.99 Å². The highest BCUT2D eigenvalue weighted by Gasteiger charge is 1.96. The number of rotatable bonds is 3. The molecule has 2 aromatic rings. The van der Waals surface area contributed by atoms with Gasteiger partial charge in [-0.05, 0) is 54.4 Å². The Labute approximate surface area is 112 Å². The van der Waals surface area contributed by atoms with Crippen LogP contribution >= 0.6 is 11.6 Å². The smallest absolute Gasteiger partial charge is 0.119 e. The normalized spacial score (nSPS) is 10.8. The fourth-order valence-corrected chi connectivity index (χ4v) is 1.74. The first-order valence-corrected chi connectivity index (χ1v) is 6.01. The Bertz CT molecular complexity index is 561. The first kappa shape index (κ1) is 12.7. The van der Waals surface area contributed by atoms with Crippen LogP contribution in [-0.4, -0.2) is 13.3 Å². The molecule has 18 heavy (non-hydrogen) atoms. The maximum absolute atomic E-state index is 5.96. The Morgan fingerprint density at radius 2 is 1.83 bits per heavy atom. The molecule has 0 N–H and O–H groups in total. The maximum Gasteiger partial charge on any atom is 0.119 e. The fourth-order valence-electron chi connectivity index (χ4n) is 1.56. The Kier molecular flexibility index (Phi) is 4.00. The summed E-state index contributed by atoms with van der Waals surface area (Å²) in [5.41, 5.74) is 3.06. The van der Waals surface area contributed by atoms with Crippen LogP contribution in [0, 0.1) is 6.92 Å². The number of aryl methyl sites for hydroxylation is 1. The zero-order valence-corrected chi connectivity index (χ0v) is 11.1. The Hall–Kier alpha value is -1.80. The van der Waals surface area contributed by atoms with Crippen molar-refractivity contribution in [3.05, 3.63) is 58.6 Å². The van der Waals surface area contributed by atoms with Gasteiger partial charge in [-0.25, -0.2) is 0 Å². The average molecular weight is 260 g/mol. The molecule has 0 amide bonds. The van der Waals surface area contributed by atoms with Gasteiger partial charge in [0, 0.05) is 11.2 Å². The minimum Gasteiger partial charge on any atom is -0.497 e. The summed E-state index contributed by atoms with van der Waals surface area (Å²) in [5, 5.41) is 0.719. The van der Waals surface area contributed by atoms with Crippen molar-refractivity contribution in [1.82, 2.24) is 0 Å². The van der Waals surface area contributed by atoms with Crippen molar-refractivity contribution in [3.63, 3.8) is 0 Å². The summed E-state index contributed by atoms with van der Waals surface area (Å²) in [6.45, 7) is 2.03. The highest BCUT2D eigenvalue weighted by atomic mass is 35.5. The number of halogens is 1. The molecule has 0 aliphatic rings. The van der Waals surface area contributed by atoms with Crippen LogP contribution in [0.5, 0.6) is 5.75 Å². The molecule has 0 aromatic heterocycles. The van der Waals surface area contributed by atoms with Crippen LogP contribution in [0.4, 0.5) is 5.69 Å². The van der Waals surface area contributed by atoms with Gasteiger partial charge in [-0.3, -0.25) is 4.99 Å². The molecule has 0 saturated carbocycles. The minimum absolute atomic E-state index is 0.719. The Morgan fingerprint density at radius 3 is 2.50 bits per heavy atom. The van der Waals surface area contributed by atoms with Crippen LogP contribution in [0.2, 0.25) is 5.02 Å². The fraction of sp³-hybridized carbons (Fsp3) is 0.133. The molecule has 0 saturated heterocycles. The lowest BCUT2D eigenvalue weighted by Crippen LogP contribution is -1.86. The average Bonchev–Trinajstić information content (AvgIpc) is 2.40. The van der Waals surface area contributed by atoms with E-state index in [-0.39, 0.29) is 0 Å². The molecule has 0 bridgehead atoms. The summed E-state index contributed by atoms with van der Waals surface area (Å²) >= 11 is 5.96. The van der Waals surface area contributed by atoms with Crippen molar-refractivity contribution in [3.8, 4) is 5.75 Å². The predicted octanol–water partition coefficient (Wildman–Crippen LogP) is 4.41. The van der Waals surface area contributed by atoms with Crippen molar-refractivity contribution in [2.24, 2.45) is 4.99 Å². The van der Waals surface area contributed by atoms with Crippen LogP contribution in [0.15, 0.2) is 47.5 Å². The summed E-state index contributed by atoms with van der Waals surface area (Å²) in [6.07, 6.45) is 1.82. The summed E-state index contributed by atoms with van der Waals surface area (Å²) < 4.78 is 5.10. The predicted molar refractivity (Wildman–Crippen MR) is 76.4 cm³/mol. The molecular weight excluding hydrogens is 246 g/mol. The molecule has 0 spiro atoms. The third-order valence-electron chi connectivity index (χ3n) is 2.67. The van der Waals surface area contributed by atoms with Crippen molar-refractivity contribution in [2.45, 2.75) is 6.92 Å². The van der Waals surface area contributed by atoms with Crippen LogP contribution in [-0.2, 0) is 0 Å². The third kappa shape index (κ3) is 3.11. The molecule has 2 aromatic carbocycles. The van der Waals surface area contributed by atoms with Crippen LogP contribution in [0.1, 0.15) is 11.1 Å². The van der Waals surface area contributed by atoms with E-state index in [0.717, 1.165) is 27.6 Å². The summed E-state index contributed by atoms with van der Waals surface area (Å²) in [5.74, 6) is 0.827. The van der Waals surface area contributed by atoms with Crippen molar-refractivity contribution in [2.75, 3.05) is 7.11 Å². The van der Waals surface area contributed by atoms with Gasteiger partial charge >= 0.3 is 0 Å². The second-order valence-electron chi connectivity index (χ2n) is 3.96. The van der Waals surface area contributed by atoms with Gasteiger partial charge in [0.05, 0.1) is 12.8 Å². The third-order valence-corrected chi connectivity index (χ3v) is 2.90. The second kappa shape index (κ2) is 5.69. The van der Waals surface area contributed by atoms with Gasteiger partial charge in [-0.15, -0.1) is 0 Å². The monoisotopic (exact) mass is 259 g/mol. The molecule has 0 aliphatic heterocycles. The Morgan fingerprint density at radius 1 is 1.11 bits per heavy atom. The van der Waals surface area contributed by atoms with Crippen LogP contribution < -0.4 is 4.74 Å². The maximum atomic E-state index is 5.96. The quantitative estimate of drug-likeness (QED) is 0.749. The largest absolute Gasteiger partial charge is 0.497 e. The van der Waals surface area contributed by atoms with Crippen LogP contribution in [0.25, 0.3) is 0 Å². The van der Waals surface area contributed by atoms with E-state index in [1.165, 1.54) is 0 Å². The first-order chi connectivity index (χ1) is 8.69. The first-order valence-electron chi connectivity index (χ1n) is 5.63. The van der Waals surface area contributed by atoms with E-state index in [9.17, 15) is 0 Å². The number of benzene rings is 2. The highest BCUT2D eigenvalue weighted by Crippen LogP contribution is 2.19. The number of nitrogens with zero attached hydrogens (tertiary/aromatic N) is 1. The van der Waals surface area contributed by atoms with Gasteiger partial charge in [-0.1, -0.05) is 17.7 Å². The van der Waals surface area contributed by atoms with E-state index in [1.807, 2.05) is 55.6 Å². The molecule has 0 fully saturated rings. The van der Waals surface area contributed by atoms with E-state index in [1.54, 1.807) is 7.11 Å². The van der Waals surface area contributed by atoms with E-state index < -0.39 is 0 Å².